The van der Waals surface area contributed by atoms with Crippen LogP contribution in [0, 0.1) is 0 Å². The van der Waals surface area contributed by atoms with E-state index in [0.29, 0.717) is 26.4 Å². The fraction of sp³-hybridized carbons (Fsp3) is 0.500. The van der Waals surface area contributed by atoms with Gasteiger partial charge in [-0.15, -0.1) is 0 Å². The van der Waals surface area contributed by atoms with Crippen molar-refractivity contribution in [2.75, 3.05) is 90.8 Å². The van der Waals surface area contributed by atoms with Crippen LogP contribution in [-0.2, 0) is 23.7 Å². The van der Waals surface area contributed by atoms with E-state index in [-0.39, 0.29) is 0 Å². The second-order valence-corrected chi connectivity index (χ2v) is 9.33. The molecule has 0 saturated carbocycles. The summed E-state index contributed by atoms with van der Waals surface area (Å²) in [6, 6.07) is 12.9. The zero-order chi connectivity index (χ0) is 28.8. The number of hydrogen-bond donors (Lipinski definition) is 0. The summed E-state index contributed by atoms with van der Waals surface area (Å²) in [4.78, 5) is 18.3. The lowest BCUT2D eigenvalue weighted by atomic mass is 10.2. The third-order valence-electron chi connectivity index (χ3n) is 5.57. The fourth-order valence-electron chi connectivity index (χ4n) is 3.54. The number of ether oxygens (including phenoxy) is 4. The molecule has 0 N–H and O–H groups in total. The smallest absolute Gasteiger partial charge is 0.430 e. The minimum absolute atomic E-state index is 0.670. The van der Waals surface area contributed by atoms with Crippen LogP contribution in [0.3, 0.4) is 0 Å². The number of benzene rings is 2. The van der Waals surface area contributed by atoms with Crippen molar-refractivity contribution in [1.29, 1.82) is 0 Å². The van der Waals surface area contributed by atoms with Gasteiger partial charge in [-0.25, -0.2) is 4.98 Å². The monoisotopic (exact) mass is 573 g/mol. The molecule has 1 aromatic heterocycles. The Bertz CT molecular complexity index is 1090. The number of carbonyl (C=O) groups is 1. The summed E-state index contributed by atoms with van der Waals surface area (Å²) in [7, 11) is 6.92. The summed E-state index contributed by atoms with van der Waals surface area (Å²) in [6.07, 6.45) is -5.19. The van der Waals surface area contributed by atoms with E-state index in [0.717, 1.165) is 58.0 Å². The molecule has 13 heteroatoms. The van der Waals surface area contributed by atoms with E-state index < -0.39 is 12.1 Å². The number of halogens is 3. The van der Waals surface area contributed by atoms with Gasteiger partial charge in [-0.05, 0) is 24.3 Å². The first-order chi connectivity index (χ1) is 18.6. The molecule has 216 valence electrons. The highest BCUT2D eigenvalue weighted by molar-refractivity contribution is 7.24. The van der Waals surface area contributed by atoms with Crippen molar-refractivity contribution in [3.63, 3.8) is 0 Å². The van der Waals surface area contributed by atoms with E-state index in [1.54, 1.807) is 39.8 Å². The predicted octanol–water partition coefficient (Wildman–Crippen LogP) is 3.23. The Kier molecular flexibility index (Phi) is 13.5. The van der Waals surface area contributed by atoms with Crippen LogP contribution in [0.1, 0.15) is 0 Å². The van der Waals surface area contributed by atoms with E-state index in [9.17, 15) is 13.2 Å². The lowest BCUT2D eigenvalue weighted by Crippen LogP contribution is -2.37. The maximum Gasteiger partial charge on any atom is 0.430 e. The number of methoxy groups -OCH3 is 4. The molecule has 0 aliphatic carbocycles. The summed E-state index contributed by atoms with van der Waals surface area (Å²) < 4.78 is 55.1. The maximum absolute atomic E-state index is 10.5. The van der Waals surface area contributed by atoms with Gasteiger partial charge in [0.15, 0.2) is 0 Å². The lowest BCUT2D eigenvalue weighted by molar-refractivity contribution is -0.344. The van der Waals surface area contributed by atoms with Crippen molar-refractivity contribution in [1.82, 2.24) is 4.98 Å². The van der Waals surface area contributed by atoms with Crippen LogP contribution < -0.4 is 14.9 Å². The SMILES string of the molecule is COCCN(CCOC)c1ccc2nc3ccc(N(CCOC)CCOC)cc3[s+]c2c1.O=C([O-])C(F)(F)F. The van der Waals surface area contributed by atoms with Crippen LogP contribution in [-0.4, -0.2) is 98.2 Å². The number of rotatable bonds is 14. The molecule has 0 aliphatic heterocycles. The summed E-state index contributed by atoms with van der Waals surface area (Å²) in [5.74, 6) is -3.01. The number of carboxylic acids is 1. The molecule has 0 amide bonds. The second-order valence-electron chi connectivity index (χ2n) is 8.25. The number of carbonyl (C=O) groups excluding carboxylic acids is 1. The molecule has 0 saturated heterocycles. The fourth-order valence-corrected chi connectivity index (χ4v) is 4.57. The molecule has 2 aromatic carbocycles. The van der Waals surface area contributed by atoms with Crippen LogP contribution in [0.4, 0.5) is 24.5 Å². The Morgan fingerprint density at radius 3 is 1.38 bits per heavy atom. The minimum atomic E-state index is -5.19. The average Bonchev–Trinajstić information content (AvgIpc) is 2.91. The number of hydrogen-bond acceptors (Lipinski definition) is 9. The Morgan fingerprint density at radius 2 is 1.10 bits per heavy atom. The van der Waals surface area contributed by atoms with E-state index in [1.165, 1.54) is 0 Å². The van der Waals surface area contributed by atoms with Gasteiger partial charge >= 0.3 is 6.18 Å². The lowest BCUT2D eigenvalue weighted by Gasteiger charge is -2.24. The Labute approximate surface area is 229 Å². The van der Waals surface area contributed by atoms with E-state index in [1.807, 2.05) is 0 Å². The molecule has 1 heterocycles. The topological polar surface area (TPSA) is 96.4 Å². The summed E-state index contributed by atoms with van der Waals surface area (Å²) in [5, 5.41) is 8.78. The average molecular weight is 574 g/mol. The molecule has 9 nitrogen and oxygen atoms in total. The molecule has 3 aromatic rings. The second kappa shape index (κ2) is 16.3. The molecule has 0 atom stereocenters. The van der Waals surface area contributed by atoms with Crippen molar-refractivity contribution >= 4 is 49.1 Å². The molecule has 0 unspecified atom stereocenters. The Balaban J connectivity index is 0.000000673. The number of carboxylic acid groups (broad SMARTS) is 1. The number of nitrogens with zero attached hydrogens (tertiary/aromatic N) is 3. The zero-order valence-corrected chi connectivity index (χ0v) is 23.3. The Morgan fingerprint density at radius 1 is 0.769 bits per heavy atom. The van der Waals surface area contributed by atoms with Gasteiger partial charge in [0.25, 0.3) is 9.40 Å². The first-order valence-electron chi connectivity index (χ1n) is 12.1. The van der Waals surface area contributed by atoms with Crippen LogP contribution in [0.25, 0.3) is 20.4 Å². The van der Waals surface area contributed by atoms with Crippen LogP contribution in [0.15, 0.2) is 36.4 Å². The summed E-state index contributed by atoms with van der Waals surface area (Å²) in [5.41, 5.74) is 4.32. The number of aliphatic carboxylic acids is 1. The molecule has 0 radical (unpaired) electrons. The minimum Gasteiger partial charge on any atom is -0.542 e. The van der Waals surface area contributed by atoms with E-state index in [4.69, 9.17) is 33.8 Å². The predicted molar refractivity (Wildman–Crippen MR) is 145 cm³/mol. The molecule has 3 rings (SSSR count). The van der Waals surface area contributed by atoms with Gasteiger partial charge in [-0.1, -0.05) is 0 Å². The van der Waals surface area contributed by atoms with Crippen molar-refractivity contribution in [2.24, 2.45) is 0 Å². The highest BCUT2D eigenvalue weighted by Crippen LogP contribution is 2.31. The van der Waals surface area contributed by atoms with E-state index in [2.05, 4.69) is 46.2 Å². The van der Waals surface area contributed by atoms with Crippen LogP contribution >= 0.6 is 11.3 Å². The van der Waals surface area contributed by atoms with E-state index >= 15 is 0 Å². The molecule has 0 spiro atoms. The molecule has 0 aliphatic rings. The number of fused-ring (bicyclic) bond motifs is 2. The Hall–Kier alpha value is -2.84. The normalized spacial score (nSPS) is 11.4. The molecule has 39 heavy (non-hydrogen) atoms. The summed E-state index contributed by atoms with van der Waals surface area (Å²) >= 11 is 1.77. The quantitative estimate of drug-likeness (QED) is 0.213. The van der Waals surface area contributed by atoms with Gasteiger partial charge in [0.2, 0.25) is 11.3 Å². The first-order valence-corrected chi connectivity index (χ1v) is 12.9. The highest BCUT2D eigenvalue weighted by Gasteiger charge is 2.28. The number of alkyl halides is 3. The van der Waals surface area contributed by atoms with Crippen molar-refractivity contribution in [3.05, 3.63) is 36.4 Å². The molecular weight excluding hydrogens is 539 g/mol. The van der Waals surface area contributed by atoms with Crippen LogP contribution in [0.5, 0.6) is 0 Å². The van der Waals surface area contributed by atoms with Gasteiger partial charge in [0.05, 0.1) is 26.4 Å². The largest absolute Gasteiger partial charge is 0.542 e. The highest BCUT2D eigenvalue weighted by atomic mass is 32.1. The molecular formula is C26H34F3N3O6S. The molecule has 0 fully saturated rings. The zero-order valence-electron chi connectivity index (χ0n) is 22.5. The maximum atomic E-state index is 10.5. The third-order valence-corrected chi connectivity index (χ3v) is 6.66. The van der Waals surface area contributed by atoms with Gasteiger partial charge < -0.3 is 38.6 Å². The number of aromatic nitrogens is 1. The van der Waals surface area contributed by atoms with Crippen molar-refractivity contribution < 1.29 is 42.0 Å². The summed E-state index contributed by atoms with van der Waals surface area (Å²) in [6.45, 7) is 5.94. The van der Waals surface area contributed by atoms with Crippen molar-refractivity contribution in [2.45, 2.75) is 6.18 Å². The standard InChI is InChI=1S/C24H34N3O4S.C2HF3O2/c1-28-13-9-26(10-14-29-2)19-5-7-21-23(17-19)32-24-18-20(6-8-22(24)25-21)27(11-15-30-3)12-16-31-4;3-2(4,5)1(6)7/h5-8,17-18H,9-16H2,1-4H3;(H,6,7)/q+1;/p-1. The molecule has 0 bridgehead atoms. The first kappa shape index (κ1) is 32.4. The number of anilines is 2. The van der Waals surface area contributed by atoms with Gasteiger partial charge in [-0.3, -0.25) is 0 Å². The van der Waals surface area contributed by atoms with Gasteiger partial charge in [-0.2, -0.15) is 13.2 Å². The van der Waals surface area contributed by atoms with Gasteiger partial charge in [0.1, 0.15) is 17.0 Å². The van der Waals surface area contributed by atoms with Crippen LogP contribution in [0.2, 0.25) is 0 Å². The van der Waals surface area contributed by atoms with Crippen molar-refractivity contribution in [3.8, 4) is 0 Å². The van der Waals surface area contributed by atoms with Gasteiger partial charge in [0, 0.05) is 78.1 Å². The third kappa shape index (κ3) is 10.3.